The lowest BCUT2D eigenvalue weighted by atomic mass is 10.2. The van der Waals surface area contributed by atoms with Crippen molar-refractivity contribution >= 4 is 29.1 Å². The number of aromatic nitrogens is 2. The molecule has 3 rings (SSSR count). The summed E-state index contributed by atoms with van der Waals surface area (Å²) < 4.78 is 0. The predicted molar refractivity (Wildman–Crippen MR) is 69.4 cm³/mol. The van der Waals surface area contributed by atoms with Gasteiger partial charge in [-0.15, -0.1) is 0 Å². The minimum absolute atomic E-state index is 0.0594. The van der Waals surface area contributed by atoms with Crippen LogP contribution in [0.4, 0.5) is 5.69 Å². The van der Waals surface area contributed by atoms with E-state index in [1.54, 1.807) is 18.2 Å². The summed E-state index contributed by atoms with van der Waals surface area (Å²) in [6.07, 6.45) is 2.76. The van der Waals surface area contributed by atoms with Crippen LogP contribution in [-0.2, 0) is 0 Å². The number of anilines is 1. The fourth-order valence-corrected chi connectivity index (χ4v) is 2.29. The Morgan fingerprint density at radius 2 is 1.63 bits per heavy atom. The molecule has 1 aliphatic heterocycles. The lowest BCUT2D eigenvalue weighted by Crippen LogP contribution is -2.29. The van der Waals surface area contributed by atoms with E-state index in [0.29, 0.717) is 10.7 Å². The number of hydrogen-bond acceptors (Lipinski definition) is 4. The standard InChI is InChI=1S/C13H8ClN3O2/c1-7-2-3-9(8(14)6-7)17-12(18)10-11(13(17)19)16-5-4-15-10/h2-6H,1H3. The SMILES string of the molecule is Cc1ccc(N2C(=O)c3nccnc3C2=O)c(Cl)c1. The number of imide groups is 1. The highest BCUT2D eigenvalue weighted by atomic mass is 35.5. The molecular weight excluding hydrogens is 266 g/mol. The van der Waals surface area contributed by atoms with Crippen LogP contribution in [0.2, 0.25) is 5.02 Å². The third-order valence-electron chi connectivity index (χ3n) is 2.85. The van der Waals surface area contributed by atoms with Crippen LogP contribution in [0.1, 0.15) is 26.5 Å². The van der Waals surface area contributed by atoms with Gasteiger partial charge in [-0.1, -0.05) is 17.7 Å². The van der Waals surface area contributed by atoms with E-state index in [1.807, 2.05) is 6.92 Å². The average molecular weight is 274 g/mol. The van der Waals surface area contributed by atoms with E-state index in [1.165, 1.54) is 12.4 Å². The van der Waals surface area contributed by atoms with Gasteiger partial charge in [0.25, 0.3) is 11.8 Å². The number of aryl methyl sites for hydroxylation is 1. The van der Waals surface area contributed by atoms with Crippen molar-refractivity contribution in [2.24, 2.45) is 0 Å². The molecule has 0 atom stereocenters. The van der Waals surface area contributed by atoms with Crippen molar-refractivity contribution < 1.29 is 9.59 Å². The summed E-state index contributed by atoms with van der Waals surface area (Å²) in [6, 6.07) is 5.12. The van der Waals surface area contributed by atoms with Gasteiger partial charge in [-0.2, -0.15) is 0 Å². The maximum absolute atomic E-state index is 12.2. The van der Waals surface area contributed by atoms with Gasteiger partial charge >= 0.3 is 0 Å². The molecule has 6 heteroatoms. The van der Waals surface area contributed by atoms with E-state index in [0.717, 1.165) is 10.5 Å². The van der Waals surface area contributed by atoms with Crippen LogP contribution in [-0.4, -0.2) is 21.8 Å². The lowest BCUT2D eigenvalue weighted by molar-refractivity contribution is 0.0923. The summed E-state index contributed by atoms with van der Waals surface area (Å²) in [6.45, 7) is 1.88. The second-order valence-corrected chi connectivity index (χ2v) is 4.56. The summed E-state index contributed by atoms with van der Waals surface area (Å²) in [7, 11) is 0. The van der Waals surface area contributed by atoms with Gasteiger partial charge in [-0.25, -0.2) is 14.9 Å². The van der Waals surface area contributed by atoms with Crippen LogP contribution in [0, 0.1) is 6.92 Å². The molecule has 2 amide bonds. The van der Waals surface area contributed by atoms with Gasteiger partial charge in [0.15, 0.2) is 11.4 Å². The second-order valence-electron chi connectivity index (χ2n) is 4.15. The topological polar surface area (TPSA) is 63.2 Å². The molecule has 0 fully saturated rings. The van der Waals surface area contributed by atoms with Crippen molar-refractivity contribution in [3.8, 4) is 0 Å². The monoisotopic (exact) mass is 273 g/mol. The summed E-state index contributed by atoms with van der Waals surface area (Å²) in [4.78, 5) is 33.2. The first-order valence-electron chi connectivity index (χ1n) is 5.55. The number of halogens is 1. The molecule has 1 aliphatic rings. The van der Waals surface area contributed by atoms with Gasteiger partial charge in [-0.3, -0.25) is 9.59 Å². The smallest absolute Gasteiger partial charge is 0.266 e. The number of carbonyl (C=O) groups excluding carboxylic acids is 2. The molecule has 0 N–H and O–H groups in total. The molecule has 0 unspecified atom stereocenters. The van der Waals surface area contributed by atoms with E-state index in [4.69, 9.17) is 11.6 Å². The summed E-state index contributed by atoms with van der Waals surface area (Å²) in [5.74, 6) is -1.00. The number of fused-ring (bicyclic) bond motifs is 1. The molecule has 2 aromatic rings. The van der Waals surface area contributed by atoms with E-state index >= 15 is 0 Å². The molecule has 5 nitrogen and oxygen atoms in total. The van der Waals surface area contributed by atoms with E-state index in [-0.39, 0.29) is 11.4 Å². The number of hydrogen-bond donors (Lipinski definition) is 0. The Kier molecular flexibility index (Phi) is 2.57. The molecule has 0 saturated carbocycles. The number of carbonyl (C=O) groups is 2. The highest BCUT2D eigenvalue weighted by Crippen LogP contribution is 2.32. The Hall–Kier alpha value is -2.27. The Bertz CT molecular complexity index is 680. The number of rotatable bonds is 1. The van der Waals surface area contributed by atoms with Gasteiger partial charge in [0.2, 0.25) is 0 Å². The number of amides is 2. The maximum Gasteiger partial charge on any atom is 0.286 e. The zero-order valence-corrected chi connectivity index (χ0v) is 10.7. The zero-order chi connectivity index (χ0) is 13.6. The second kappa shape index (κ2) is 4.13. The molecule has 19 heavy (non-hydrogen) atoms. The Morgan fingerprint density at radius 3 is 2.16 bits per heavy atom. The summed E-state index contributed by atoms with van der Waals surface area (Å²) in [5, 5.41) is 0.342. The molecule has 0 aliphatic carbocycles. The van der Waals surface area contributed by atoms with Crippen LogP contribution in [0.15, 0.2) is 30.6 Å². The minimum Gasteiger partial charge on any atom is -0.266 e. The van der Waals surface area contributed by atoms with Crippen LogP contribution in [0.3, 0.4) is 0 Å². The first-order valence-corrected chi connectivity index (χ1v) is 5.93. The van der Waals surface area contributed by atoms with E-state index < -0.39 is 11.8 Å². The van der Waals surface area contributed by atoms with Crippen molar-refractivity contribution in [1.29, 1.82) is 0 Å². The third kappa shape index (κ3) is 1.70. The minimum atomic E-state index is -0.501. The first-order chi connectivity index (χ1) is 9.09. The maximum atomic E-state index is 12.2. The lowest BCUT2D eigenvalue weighted by Gasteiger charge is -2.15. The molecule has 1 aromatic heterocycles. The van der Waals surface area contributed by atoms with E-state index in [9.17, 15) is 9.59 Å². The van der Waals surface area contributed by atoms with Crippen LogP contribution in [0.25, 0.3) is 0 Å². The molecule has 0 saturated heterocycles. The van der Waals surface area contributed by atoms with E-state index in [2.05, 4.69) is 9.97 Å². The Labute approximate surface area is 113 Å². The van der Waals surface area contributed by atoms with Crippen LogP contribution in [0.5, 0.6) is 0 Å². The first kappa shape index (κ1) is 11.8. The van der Waals surface area contributed by atoms with Gasteiger partial charge < -0.3 is 0 Å². The highest BCUT2D eigenvalue weighted by molar-refractivity contribution is 6.39. The molecule has 0 radical (unpaired) electrons. The fraction of sp³-hybridized carbons (Fsp3) is 0.0769. The van der Waals surface area contributed by atoms with Crippen molar-refractivity contribution in [1.82, 2.24) is 9.97 Å². The van der Waals surface area contributed by atoms with Gasteiger partial charge in [0.1, 0.15) is 0 Å². The predicted octanol–water partition coefficient (Wildman–Crippen LogP) is 2.24. The molecule has 0 spiro atoms. The molecule has 2 heterocycles. The van der Waals surface area contributed by atoms with Crippen molar-refractivity contribution in [3.05, 3.63) is 52.6 Å². The van der Waals surface area contributed by atoms with Gasteiger partial charge in [-0.05, 0) is 24.6 Å². The fourth-order valence-electron chi connectivity index (χ4n) is 1.97. The normalized spacial score (nSPS) is 13.9. The number of nitrogens with zero attached hydrogens (tertiary/aromatic N) is 3. The molecule has 94 valence electrons. The zero-order valence-electron chi connectivity index (χ0n) is 9.92. The third-order valence-corrected chi connectivity index (χ3v) is 3.16. The largest absolute Gasteiger partial charge is 0.286 e. The van der Waals surface area contributed by atoms with Crippen LogP contribution < -0.4 is 4.90 Å². The van der Waals surface area contributed by atoms with Crippen molar-refractivity contribution in [2.75, 3.05) is 4.90 Å². The molecule has 0 bridgehead atoms. The van der Waals surface area contributed by atoms with Crippen molar-refractivity contribution in [3.63, 3.8) is 0 Å². The highest BCUT2D eigenvalue weighted by Gasteiger charge is 2.40. The summed E-state index contributed by atoms with van der Waals surface area (Å²) in [5.41, 5.74) is 1.41. The van der Waals surface area contributed by atoms with Gasteiger partial charge in [0, 0.05) is 12.4 Å². The van der Waals surface area contributed by atoms with Crippen molar-refractivity contribution in [2.45, 2.75) is 6.92 Å². The Morgan fingerprint density at radius 1 is 1.05 bits per heavy atom. The molecular formula is C13H8ClN3O2. The summed E-state index contributed by atoms with van der Waals surface area (Å²) >= 11 is 6.10. The number of benzene rings is 1. The molecule has 1 aromatic carbocycles. The Balaban J connectivity index is 2.14. The quantitative estimate of drug-likeness (QED) is 0.748. The van der Waals surface area contributed by atoms with Crippen LogP contribution >= 0.6 is 11.6 Å². The average Bonchev–Trinajstić information content (AvgIpc) is 2.64. The van der Waals surface area contributed by atoms with Gasteiger partial charge in [0.05, 0.1) is 10.7 Å².